The van der Waals surface area contributed by atoms with Crippen molar-refractivity contribution in [3.05, 3.63) is 48.5 Å². The third-order valence-corrected chi connectivity index (χ3v) is 7.25. The van der Waals surface area contributed by atoms with Gasteiger partial charge in [-0.25, -0.2) is 9.59 Å². The van der Waals surface area contributed by atoms with Gasteiger partial charge >= 0.3 is 12.1 Å². The molecule has 0 bridgehead atoms. The number of hydrogen-bond donors (Lipinski definition) is 4. The van der Waals surface area contributed by atoms with Gasteiger partial charge in [-0.15, -0.1) is 0 Å². The van der Waals surface area contributed by atoms with Crippen LogP contribution in [0.25, 0.3) is 0 Å². The van der Waals surface area contributed by atoms with Crippen molar-refractivity contribution in [1.29, 1.82) is 0 Å². The van der Waals surface area contributed by atoms with Crippen LogP contribution in [0.3, 0.4) is 0 Å². The number of benzene rings is 2. The first-order valence-electron chi connectivity index (χ1n) is 14.1. The predicted octanol–water partition coefficient (Wildman–Crippen LogP) is 4.11. The summed E-state index contributed by atoms with van der Waals surface area (Å²) in [5.41, 5.74) is 2.47. The van der Waals surface area contributed by atoms with Crippen molar-refractivity contribution >= 4 is 29.2 Å². The molecule has 0 aromatic heterocycles. The number of carbonyl (C=O) groups is 2. The highest BCUT2D eigenvalue weighted by Gasteiger charge is 2.24. The highest BCUT2D eigenvalue weighted by molar-refractivity contribution is 5.90. The Morgan fingerprint density at radius 3 is 2.62 bits per heavy atom. The Hall–Kier alpha value is -3.50. The zero-order valence-electron chi connectivity index (χ0n) is 23.1. The summed E-state index contributed by atoms with van der Waals surface area (Å²) in [7, 11) is 0. The van der Waals surface area contributed by atoms with E-state index in [0.29, 0.717) is 37.2 Å². The molecule has 2 heterocycles. The Morgan fingerprint density at radius 2 is 1.87 bits per heavy atom. The van der Waals surface area contributed by atoms with E-state index < -0.39 is 6.09 Å². The van der Waals surface area contributed by atoms with Gasteiger partial charge in [0, 0.05) is 56.2 Å². The molecule has 3 amide bonds. The van der Waals surface area contributed by atoms with Crippen LogP contribution < -0.4 is 30.9 Å². The molecule has 2 atom stereocenters. The highest BCUT2D eigenvalue weighted by atomic mass is 16.5. The van der Waals surface area contributed by atoms with Crippen LogP contribution in [-0.4, -0.2) is 81.6 Å². The summed E-state index contributed by atoms with van der Waals surface area (Å²) in [5.74, 6) is 0.625. The lowest BCUT2D eigenvalue weighted by Gasteiger charge is -2.36. The molecule has 10 nitrogen and oxygen atoms in total. The van der Waals surface area contributed by atoms with E-state index in [2.05, 4.69) is 44.1 Å². The monoisotopic (exact) mass is 538 g/mol. The van der Waals surface area contributed by atoms with E-state index in [-0.39, 0.29) is 12.1 Å². The average molecular weight is 539 g/mol. The maximum absolute atomic E-state index is 12.6. The lowest BCUT2D eigenvalue weighted by atomic mass is 10.0. The van der Waals surface area contributed by atoms with E-state index in [9.17, 15) is 9.59 Å². The van der Waals surface area contributed by atoms with Crippen LogP contribution in [0.5, 0.6) is 5.75 Å². The Kier molecular flexibility index (Phi) is 10.7. The number of nitrogens with one attached hydrogen (secondary N) is 4. The molecular weight excluding hydrogens is 496 g/mol. The van der Waals surface area contributed by atoms with Gasteiger partial charge in [0.05, 0.1) is 12.3 Å². The molecular formula is C29H42N6O4. The first-order valence-corrected chi connectivity index (χ1v) is 14.1. The minimum absolute atomic E-state index is 0.129. The normalized spacial score (nSPS) is 18.3. The quantitative estimate of drug-likeness (QED) is 0.341. The molecule has 10 heteroatoms. The second-order valence-corrected chi connectivity index (χ2v) is 9.89. The van der Waals surface area contributed by atoms with E-state index in [1.165, 1.54) is 0 Å². The molecule has 2 unspecified atom stereocenters. The second kappa shape index (κ2) is 14.6. The third kappa shape index (κ3) is 8.49. The molecule has 2 aromatic carbocycles. The molecule has 0 aliphatic carbocycles. The minimum atomic E-state index is -0.487. The van der Waals surface area contributed by atoms with E-state index in [1.807, 2.05) is 43.3 Å². The standard InChI is InChI=1S/C29H42N6O4/c1-3-24(25-12-8-14-30-25)32-28(36)31-22-9-7-10-23(21-22)35-17-15-34(16-18-35)19-20-39-29(37)33-26-11-5-6-13-27(26)38-4-2/h5-7,9-11,13,21,24-25,30H,3-4,8,12,14-20H2,1-2H3,(H,33,37)(H2,31,32,36). The van der Waals surface area contributed by atoms with Crippen LogP contribution in [0.15, 0.2) is 48.5 Å². The van der Waals surface area contributed by atoms with Gasteiger partial charge in [0.25, 0.3) is 0 Å². The van der Waals surface area contributed by atoms with Crippen LogP contribution in [0.1, 0.15) is 33.1 Å². The summed E-state index contributed by atoms with van der Waals surface area (Å²) < 4.78 is 10.9. The summed E-state index contributed by atoms with van der Waals surface area (Å²) >= 11 is 0. The van der Waals surface area contributed by atoms with Gasteiger partial charge in [-0.1, -0.05) is 25.1 Å². The SMILES string of the molecule is CCOc1ccccc1NC(=O)OCCN1CCN(c2cccc(NC(=O)NC(CC)C3CCCN3)c2)CC1. The summed E-state index contributed by atoms with van der Waals surface area (Å²) in [6.45, 7) is 9.97. The average Bonchev–Trinajstić information content (AvgIpc) is 3.48. The van der Waals surface area contributed by atoms with Crippen molar-refractivity contribution in [3.63, 3.8) is 0 Å². The lowest BCUT2D eigenvalue weighted by molar-refractivity contribution is 0.137. The van der Waals surface area contributed by atoms with Crippen LogP contribution in [0.4, 0.5) is 26.7 Å². The number of carbonyl (C=O) groups excluding carboxylic acids is 2. The molecule has 2 aromatic rings. The predicted molar refractivity (Wildman–Crippen MR) is 155 cm³/mol. The Bertz CT molecular complexity index is 1070. The van der Waals surface area contributed by atoms with E-state index in [0.717, 1.165) is 63.4 Å². The molecule has 2 aliphatic heterocycles. The van der Waals surface area contributed by atoms with Crippen LogP contribution in [0.2, 0.25) is 0 Å². The van der Waals surface area contributed by atoms with E-state index in [4.69, 9.17) is 9.47 Å². The zero-order valence-corrected chi connectivity index (χ0v) is 23.1. The van der Waals surface area contributed by atoms with Crippen molar-refractivity contribution in [2.24, 2.45) is 0 Å². The number of amides is 3. The van der Waals surface area contributed by atoms with Crippen LogP contribution >= 0.6 is 0 Å². The van der Waals surface area contributed by atoms with Crippen molar-refractivity contribution in [2.45, 2.75) is 45.2 Å². The van der Waals surface area contributed by atoms with Gasteiger partial charge in [-0.2, -0.15) is 0 Å². The number of para-hydroxylation sites is 2. The van der Waals surface area contributed by atoms with E-state index in [1.54, 1.807) is 6.07 Å². The van der Waals surface area contributed by atoms with Crippen molar-refractivity contribution in [2.75, 3.05) is 68.0 Å². The van der Waals surface area contributed by atoms with Crippen molar-refractivity contribution in [1.82, 2.24) is 15.5 Å². The molecule has 39 heavy (non-hydrogen) atoms. The van der Waals surface area contributed by atoms with Gasteiger partial charge in [0.1, 0.15) is 12.4 Å². The molecule has 0 spiro atoms. The molecule has 4 N–H and O–H groups in total. The van der Waals surface area contributed by atoms with Gasteiger partial charge in [-0.3, -0.25) is 10.2 Å². The van der Waals surface area contributed by atoms with Gasteiger partial charge in [0.2, 0.25) is 0 Å². The summed E-state index contributed by atoms with van der Waals surface area (Å²) in [4.78, 5) is 29.5. The molecule has 0 saturated carbocycles. The fourth-order valence-electron chi connectivity index (χ4n) is 5.15. The zero-order chi connectivity index (χ0) is 27.5. The third-order valence-electron chi connectivity index (χ3n) is 7.25. The number of ether oxygens (including phenoxy) is 2. The van der Waals surface area contributed by atoms with Gasteiger partial charge in [-0.05, 0) is 63.1 Å². The molecule has 2 fully saturated rings. The number of anilines is 3. The first kappa shape index (κ1) is 28.5. The highest BCUT2D eigenvalue weighted by Crippen LogP contribution is 2.24. The minimum Gasteiger partial charge on any atom is -0.492 e. The molecule has 0 radical (unpaired) electrons. The second-order valence-electron chi connectivity index (χ2n) is 9.89. The number of nitrogens with zero attached hydrogens (tertiary/aromatic N) is 2. The molecule has 212 valence electrons. The number of piperazine rings is 1. The number of hydrogen-bond acceptors (Lipinski definition) is 7. The van der Waals surface area contributed by atoms with E-state index >= 15 is 0 Å². The maximum Gasteiger partial charge on any atom is 0.411 e. The Morgan fingerprint density at radius 1 is 1.05 bits per heavy atom. The number of urea groups is 1. The first-order chi connectivity index (χ1) is 19.1. The fraction of sp³-hybridized carbons (Fsp3) is 0.517. The molecule has 2 saturated heterocycles. The van der Waals surface area contributed by atoms with Gasteiger partial charge in [0.15, 0.2) is 0 Å². The topological polar surface area (TPSA) is 107 Å². The Labute approximate surface area is 231 Å². The number of rotatable bonds is 11. The largest absolute Gasteiger partial charge is 0.492 e. The van der Waals surface area contributed by atoms with Crippen molar-refractivity contribution < 1.29 is 19.1 Å². The summed E-state index contributed by atoms with van der Waals surface area (Å²) in [5, 5.41) is 12.4. The molecule has 2 aliphatic rings. The van der Waals surface area contributed by atoms with Crippen LogP contribution in [0, 0.1) is 0 Å². The maximum atomic E-state index is 12.6. The van der Waals surface area contributed by atoms with Gasteiger partial charge < -0.3 is 30.3 Å². The lowest BCUT2D eigenvalue weighted by Crippen LogP contribution is -2.48. The summed E-state index contributed by atoms with van der Waals surface area (Å²) in [6, 6.07) is 15.6. The Balaban J connectivity index is 1.18. The summed E-state index contributed by atoms with van der Waals surface area (Å²) in [6.07, 6.45) is 2.67. The fourth-order valence-corrected chi connectivity index (χ4v) is 5.15. The molecule has 4 rings (SSSR count). The smallest absolute Gasteiger partial charge is 0.411 e. The van der Waals surface area contributed by atoms with Crippen LogP contribution in [-0.2, 0) is 4.74 Å². The van der Waals surface area contributed by atoms with Crippen molar-refractivity contribution in [3.8, 4) is 5.75 Å².